The zero-order chi connectivity index (χ0) is 25.2. The average Bonchev–Trinajstić information content (AvgIpc) is 3.04. The van der Waals surface area contributed by atoms with Crippen molar-refractivity contribution in [2.24, 2.45) is 0 Å². The van der Waals surface area contributed by atoms with Gasteiger partial charge in [-0.05, 0) is 11.8 Å². The van der Waals surface area contributed by atoms with E-state index in [-0.39, 0.29) is 17.1 Å². The van der Waals surface area contributed by atoms with Crippen LogP contribution in [-0.4, -0.2) is 0 Å². The van der Waals surface area contributed by atoms with Crippen molar-refractivity contribution in [2.75, 3.05) is 0 Å². The standard InChI is InChI=1S/2C16H27.Fe/c2*1-9(2)14-12(7)15(10(3)4)16(11(5)6)13(14)8;/h2*9-11H,1-8H3;/q2*-1;+2. The molecule has 0 aliphatic heterocycles. The molecule has 0 spiro atoms. The smallest absolute Gasteiger partial charge is 0.195 e. The monoisotopic (exact) mass is 494 g/mol. The number of hydrogen-bond acceptors (Lipinski definition) is 0. The van der Waals surface area contributed by atoms with Gasteiger partial charge in [0, 0.05) is 0 Å². The molecule has 190 valence electrons. The largest absolute Gasteiger partial charge is 2.00 e. The van der Waals surface area contributed by atoms with Gasteiger partial charge in [0.25, 0.3) is 0 Å². The molecule has 1 heteroatoms. The maximum Gasteiger partial charge on any atom is 2.00 e. The summed E-state index contributed by atoms with van der Waals surface area (Å²) in [5, 5.41) is 0. The zero-order valence-electron chi connectivity index (χ0n) is 24.8. The molecule has 0 radical (unpaired) electrons. The van der Waals surface area contributed by atoms with Crippen molar-refractivity contribution >= 4 is 0 Å². The van der Waals surface area contributed by atoms with Gasteiger partial charge in [-0.2, -0.15) is 44.5 Å². The average molecular weight is 495 g/mol. The van der Waals surface area contributed by atoms with Crippen LogP contribution < -0.4 is 0 Å². The maximum absolute atomic E-state index is 2.32. The van der Waals surface area contributed by atoms with Crippen LogP contribution in [0.15, 0.2) is 0 Å². The fraction of sp³-hybridized carbons (Fsp3) is 0.688. The fourth-order valence-electron chi connectivity index (χ4n) is 6.66. The molecule has 2 aromatic carbocycles. The Labute approximate surface area is 218 Å². The summed E-state index contributed by atoms with van der Waals surface area (Å²) >= 11 is 0. The van der Waals surface area contributed by atoms with Crippen LogP contribution in [-0.2, 0) is 17.1 Å². The van der Waals surface area contributed by atoms with E-state index in [1.165, 1.54) is 0 Å². The van der Waals surface area contributed by atoms with Crippen molar-refractivity contribution in [1.82, 2.24) is 0 Å². The molecule has 33 heavy (non-hydrogen) atoms. The first-order chi connectivity index (χ1) is 14.6. The maximum atomic E-state index is 2.32. The van der Waals surface area contributed by atoms with Crippen molar-refractivity contribution in [1.29, 1.82) is 0 Å². The molecule has 0 aliphatic carbocycles. The predicted molar refractivity (Wildman–Crippen MR) is 148 cm³/mol. The van der Waals surface area contributed by atoms with Gasteiger partial charge in [-0.1, -0.05) is 134 Å². The Hall–Kier alpha value is -0.781. The van der Waals surface area contributed by atoms with Gasteiger partial charge >= 0.3 is 17.1 Å². The van der Waals surface area contributed by atoms with E-state index in [2.05, 4.69) is 111 Å². The van der Waals surface area contributed by atoms with Gasteiger partial charge in [-0.25, -0.2) is 0 Å². The van der Waals surface area contributed by atoms with Crippen molar-refractivity contribution in [2.45, 2.75) is 146 Å². The molecule has 0 nitrogen and oxygen atoms in total. The molecule has 0 saturated carbocycles. The molecule has 0 fully saturated rings. The topological polar surface area (TPSA) is 0 Å². The second kappa shape index (κ2) is 12.8. The molecule has 0 unspecified atom stereocenters. The summed E-state index contributed by atoms with van der Waals surface area (Å²) in [4.78, 5) is 0. The minimum absolute atomic E-state index is 0. The summed E-state index contributed by atoms with van der Waals surface area (Å²) in [7, 11) is 0. The molecule has 0 atom stereocenters. The normalized spacial score (nSPS) is 11.8. The Morgan fingerprint density at radius 1 is 0.424 bits per heavy atom. The molecule has 0 saturated heterocycles. The van der Waals surface area contributed by atoms with Crippen molar-refractivity contribution in [3.05, 3.63) is 55.6 Å². The first-order valence-electron chi connectivity index (χ1n) is 13.2. The van der Waals surface area contributed by atoms with E-state index in [1.54, 1.807) is 55.6 Å². The van der Waals surface area contributed by atoms with Gasteiger partial charge in [-0.3, -0.25) is 0 Å². The van der Waals surface area contributed by atoms with Gasteiger partial charge in [0.2, 0.25) is 0 Å². The van der Waals surface area contributed by atoms with E-state index in [9.17, 15) is 0 Å². The van der Waals surface area contributed by atoms with E-state index >= 15 is 0 Å². The van der Waals surface area contributed by atoms with Crippen LogP contribution in [0.3, 0.4) is 0 Å². The fourth-order valence-corrected chi connectivity index (χ4v) is 6.66. The van der Waals surface area contributed by atoms with E-state index < -0.39 is 0 Å². The van der Waals surface area contributed by atoms with Crippen LogP contribution in [0.1, 0.15) is 174 Å². The second-order valence-corrected chi connectivity index (χ2v) is 11.9. The van der Waals surface area contributed by atoms with Crippen molar-refractivity contribution < 1.29 is 17.1 Å². The first kappa shape index (κ1) is 32.2. The quantitative estimate of drug-likeness (QED) is 0.277. The van der Waals surface area contributed by atoms with E-state index in [0.29, 0.717) is 35.5 Å². The summed E-state index contributed by atoms with van der Waals surface area (Å²) in [5.41, 5.74) is 15.8. The first-order valence-corrected chi connectivity index (χ1v) is 13.2. The van der Waals surface area contributed by atoms with Gasteiger partial charge < -0.3 is 0 Å². The Kier molecular flexibility index (Phi) is 12.5. The molecular formula is C32H54Fe. The van der Waals surface area contributed by atoms with Gasteiger partial charge in [0.15, 0.2) is 0 Å². The molecule has 0 bridgehead atoms. The molecule has 0 aromatic heterocycles. The molecule has 2 aromatic rings. The Morgan fingerprint density at radius 3 is 0.788 bits per heavy atom. The van der Waals surface area contributed by atoms with Gasteiger partial charge in [-0.15, -0.1) is 11.1 Å². The molecule has 0 aliphatic rings. The third kappa shape index (κ3) is 6.67. The summed E-state index contributed by atoms with van der Waals surface area (Å²) in [6.45, 7) is 37.0. The van der Waals surface area contributed by atoms with Crippen molar-refractivity contribution in [3.8, 4) is 0 Å². The Balaban J connectivity index is 0.000000602. The number of hydrogen-bond donors (Lipinski definition) is 0. The van der Waals surface area contributed by atoms with Crippen molar-refractivity contribution in [3.63, 3.8) is 0 Å². The summed E-state index contributed by atoms with van der Waals surface area (Å²) in [5.74, 6) is 3.86. The minimum Gasteiger partial charge on any atom is -0.195 e. The molecule has 0 N–H and O–H groups in total. The summed E-state index contributed by atoms with van der Waals surface area (Å²) in [6.07, 6.45) is 0. The van der Waals surface area contributed by atoms with Crippen LogP contribution in [0.4, 0.5) is 0 Å². The van der Waals surface area contributed by atoms with E-state index in [4.69, 9.17) is 0 Å². The summed E-state index contributed by atoms with van der Waals surface area (Å²) in [6, 6.07) is 0. The van der Waals surface area contributed by atoms with E-state index in [0.717, 1.165) is 0 Å². The number of rotatable bonds is 6. The second-order valence-electron chi connectivity index (χ2n) is 11.9. The predicted octanol–water partition coefficient (Wildman–Crippen LogP) is 10.8. The molecule has 0 heterocycles. The van der Waals surface area contributed by atoms with Gasteiger partial charge in [0.1, 0.15) is 0 Å². The third-order valence-electron chi connectivity index (χ3n) is 7.28. The van der Waals surface area contributed by atoms with Gasteiger partial charge in [0.05, 0.1) is 0 Å². The van der Waals surface area contributed by atoms with Crippen LogP contribution in [0.25, 0.3) is 0 Å². The SMILES string of the molecule is Cc1c(C(C)C)c(C)[c-](C(C)C)c1C(C)C.Cc1c(C(C)C)c(C)[c-](C(C)C)c1C(C)C.[Fe+2]. The minimum atomic E-state index is 0. The third-order valence-corrected chi connectivity index (χ3v) is 7.28. The van der Waals surface area contributed by atoms with Crippen LogP contribution in [0.2, 0.25) is 0 Å². The Bertz CT molecular complexity index is 741. The summed E-state index contributed by atoms with van der Waals surface area (Å²) < 4.78 is 0. The van der Waals surface area contributed by atoms with Crippen LogP contribution in [0.5, 0.6) is 0 Å². The molecule has 0 amide bonds. The molecule has 2 rings (SSSR count). The van der Waals surface area contributed by atoms with E-state index in [1.807, 2.05) is 0 Å². The zero-order valence-corrected chi connectivity index (χ0v) is 25.9. The van der Waals surface area contributed by atoms with Crippen LogP contribution in [0, 0.1) is 27.7 Å². The Morgan fingerprint density at radius 2 is 0.667 bits per heavy atom. The molecular weight excluding hydrogens is 440 g/mol. The van der Waals surface area contributed by atoms with Crippen LogP contribution >= 0.6 is 0 Å².